The van der Waals surface area contributed by atoms with E-state index in [0.717, 1.165) is 4.88 Å². The molecule has 1 amide bonds. The zero-order valence-electron chi connectivity index (χ0n) is 11.1. The molecular formula is C12H16N4O2S. The maximum Gasteiger partial charge on any atom is 0.407 e. The molecule has 0 atom stereocenters. The Morgan fingerprint density at radius 3 is 2.89 bits per heavy atom. The fraction of sp³-hybridized carbons (Fsp3) is 0.417. The molecule has 0 spiro atoms. The Morgan fingerprint density at radius 2 is 2.32 bits per heavy atom. The average Bonchev–Trinajstić information content (AvgIpc) is 2.73. The highest BCUT2D eigenvalue weighted by Crippen LogP contribution is 2.14. The largest absolute Gasteiger partial charge is 0.444 e. The molecule has 6 nitrogen and oxygen atoms in total. The molecule has 1 rings (SSSR count). The first-order valence-corrected chi connectivity index (χ1v) is 6.46. The number of hydrogen-bond acceptors (Lipinski definition) is 5. The van der Waals surface area contributed by atoms with Gasteiger partial charge in [-0.25, -0.2) is 4.79 Å². The van der Waals surface area contributed by atoms with Gasteiger partial charge < -0.3 is 15.8 Å². The van der Waals surface area contributed by atoms with Crippen molar-refractivity contribution in [1.29, 1.82) is 5.26 Å². The van der Waals surface area contributed by atoms with Gasteiger partial charge >= 0.3 is 6.09 Å². The molecule has 0 aliphatic rings. The molecule has 0 aliphatic heterocycles. The fourth-order valence-electron chi connectivity index (χ4n) is 1.20. The van der Waals surface area contributed by atoms with Crippen molar-refractivity contribution in [3.8, 4) is 6.19 Å². The minimum absolute atomic E-state index is 0.169. The van der Waals surface area contributed by atoms with Gasteiger partial charge in [0, 0.05) is 15.8 Å². The summed E-state index contributed by atoms with van der Waals surface area (Å²) in [6.07, 6.45) is 1.16. The lowest BCUT2D eigenvalue weighted by molar-refractivity contribution is 0.0524. The summed E-state index contributed by atoms with van der Waals surface area (Å²) in [6, 6.07) is 1.78. The number of nitriles is 1. The molecule has 102 valence electrons. The molecule has 0 aromatic carbocycles. The molecule has 7 heteroatoms. The van der Waals surface area contributed by atoms with Crippen LogP contribution in [-0.4, -0.2) is 17.5 Å². The number of nitrogens with two attached hydrogens (primary N) is 1. The third-order valence-electron chi connectivity index (χ3n) is 1.93. The topological polar surface area (TPSA) is 100 Å². The summed E-state index contributed by atoms with van der Waals surface area (Å²) in [5, 5.41) is 12.8. The van der Waals surface area contributed by atoms with E-state index in [1.54, 1.807) is 38.4 Å². The zero-order chi connectivity index (χ0) is 14.5. The summed E-state index contributed by atoms with van der Waals surface area (Å²) < 4.78 is 5.12. The van der Waals surface area contributed by atoms with Crippen LogP contribution in [0.3, 0.4) is 0 Å². The van der Waals surface area contributed by atoms with E-state index in [1.807, 2.05) is 0 Å². The summed E-state index contributed by atoms with van der Waals surface area (Å²) in [5.41, 5.74) is 5.73. The normalized spacial score (nSPS) is 11.8. The third-order valence-corrected chi connectivity index (χ3v) is 2.86. The van der Waals surface area contributed by atoms with Crippen molar-refractivity contribution in [3.63, 3.8) is 0 Å². The van der Waals surface area contributed by atoms with Crippen molar-refractivity contribution in [2.75, 3.05) is 0 Å². The number of nitrogens with zero attached hydrogens (tertiary/aromatic N) is 2. The van der Waals surface area contributed by atoms with E-state index in [0.29, 0.717) is 12.1 Å². The van der Waals surface area contributed by atoms with Crippen LogP contribution in [0.4, 0.5) is 4.79 Å². The van der Waals surface area contributed by atoms with Gasteiger partial charge in [0.1, 0.15) is 11.4 Å². The molecule has 1 aromatic heterocycles. The number of hydrogen-bond donors (Lipinski definition) is 2. The Kier molecular flexibility index (Phi) is 4.89. The van der Waals surface area contributed by atoms with Crippen molar-refractivity contribution in [2.45, 2.75) is 32.9 Å². The number of amidine groups is 1. The van der Waals surface area contributed by atoms with Crippen LogP contribution < -0.4 is 11.1 Å². The van der Waals surface area contributed by atoms with Gasteiger partial charge in [-0.3, -0.25) is 0 Å². The van der Waals surface area contributed by atoms with Crippen molar-refractivity contribution in [3.05, 3.63) is 21.9 Å². The van der Waals surface area contributed by atoms with Crippen molar-refractivity contribution in [2.24, 2.45) is 10.7 Å². The first kappa shape index (κ1) is 15.0. The molecule has 0 unspecified atom stereocenters. The molecule has 3 N–H and O–H groups in total. The quantitative estimate of drug-likeness (QED) is 0.502. The molecule has 0 bridgehead atoms. The van der Waals surface area contributed by atoms with Crippen LogP contribution in [0.15, 0.2) is 16.4 Å². The van der Waals surface area contributed by atoms with Crippen molar-refractivity contribution >= 4 is 23.3 Å². The second-order valence-corrected chi connectivity index (χ2v) is 5.75. The molecule has 1 heterocycles. The second-order valence-electron chi connectivity index (χ2n) is 4.75. The van der Waals surface area contributed by atoms with Gasteiger partial charge in [0.25, 0.3) is 0 Å². The Morgan fingerprint density at radius 1 is 1.63 bits per heavy atom. The van der Waals surface area contributed by atoms with Crippen LogP contribution in [-0.2, 0) is 11.3 Å². The van der Waals surface area contributed by atoms with Crippen LogP contribution in [0.25, 0.3) is 0 Å². The van der Waals surface area contributed by atoms with Gasteiger partial charge in [0.05, 0.1) is 6.54 Å². The van der Waals surface area contributed by atoms with E-state index in [9.17, 15) is 4.79 Å². The lowest BCUT2D eigenvalue weighted by atomic mass is 10.2. The number of rotatable bonds is 3. The number of alkyl carbamates (subject to hydrolysis) is 1. The number of carbonyl (C=O) groups is 1. The SMILES string of the molecule is CC(C)(C)OC(=O)NCc1cc(C(N)=NC#N)cs1. The first-order chi connectivity index (χ1) is 8.81. The Balaban J connectivity index is 2.54. The summed E-state index contributed by atoms with van der Waals surface area (Å²) in [4.78, 5) is 15.8. The number of thiophene rings is 1. The molecule has 0 fully saturated rings. The van der Waals surface area contributed by atoms with Gasteiger partial charge in [0.2, 0.25) is 6.19 Å². The summed E-state index contributed by atoms with van der Waals surface area (Å²) >= 11 is 1.42. The monoisotopic (exact) mass is 280 g/mol. The van der Waals surface area contributed by atoms with Gasteiger partial charge in [-0.2, -0.15) is 10.3 Å². The number of aliphatic imine (C=N–C) groups is 1. The van der Waals surface area contributed by atoms with Crippen LogP contribution in [0.2, 0.25) is 0 Å². The zero-order valence-corrected chi connectivity index (χ0v) is 11.9. The third kappa shape index (κ3) is 5.40. The lowest BCUT2D eigenvalue weighted by Gasteiger charge is -2.19. The molecule has 1 aromatic rings. The molecular weight excluding hydrogens is 264 g/mol. The second kappa shape index (κ2) is 6.20. The van der Waals surface area contributed by atoms with Crippen LogP contribution >= 0.6 is 11.3 Å². The molecule has 0 saturated carbocycles. The molecule has 0 aliphatic carbocycles. The summed E-state index contributed by atoms with van der Waals surface area (Å²) in [5.74, 6) is 0.169. The minimum Gasteiger partial charge on any atom is -0.444 e. The van der Waals surface area contributed by atoms with Gasteiger partial charge in [0.15, 0.2) is 0 Å². The van der Waals surface area contributed by atoms with E-state index in [2.05, 4.69) is 10.3 Å². The number of nitrogens with one attached hydrogen (secondary N) is 1. The number of amides is 1. The van der Waals surface area contributed by atoms with E-state index in [4.69, 9.17) is 15.7 Å². The molecule has 0 radical (unpaired) electrons. The van der Waals surface area contributed by atoms with Crippen LogP contribution in [0, 0.1) is 11.5 Å². The fourth-order valence-corrected chi connectivity index (χ4v) is 2.02. The minimum atomic E-state index is -0.519. The molecule has 0 saturated heterocycles. The van der Waals surface area contributed by atoms with Gasteiger partial charge in [-0.05, 0) is 26.8 Å². The maximum absolute atomic E-state index is 11.5. The summed E-state index contributed by atoms with van der Waals surface area (Å²) in [7, 11) is 0. The Bertz CT molecular complexity index is 523. The van der Waals surface area contributed by atoms with Gasteiger partial charge in [-0.1, -0.05) is 0 Å². The standard InChI is InChI=1S/C12H16N4O2S/c1-12(2,3)18-11(17)15-5-9-4-8(6-19-9)10(14)16-7-13/h4,6H,5H2,1-3H3,(H2,14,16)(H,15,17). The van der Waals surface area contributed by atoms with Crippen LogP contribution in [0.1, 0.15) is 31.2 Å². The van der Waals surface area contributed by atoms with Crippen LogP contribution in [0.5, 0.6) is 0 Å². The summed E-state index contributed by atoms with van der Waals surface area (Å²) in [6.45, 7) is 5.75. The number of carbonyl (C=O) groups excluding carboxylic acids is 1. The first-order valence-electron chi connectivity index (χ1n) is 5.58. The van der Waals surface area contributed by atoms with Gasteiger partial charge in [-0.15, -0.1) is 11.3 Å². The van der Waals surface area contributed by atoms with E-state index in [-0.39, 0.29) is 5.84 Å². The highest BCUT2D eigenvalue weighted by molar-refractivity contribution is 7.10. The molecule has 19 heavy (non-hydrogen) atoms. The number of ether oxygens (including phenoxy) is 1. The van der Waals surface area contributed by atoms with E-state index < -0.39 is 11.7 Å². The Hall–Kier alpha value is -2.07. The highest BCUT2D eigenvalue weighted by Gasteiger charge is 2.15. The predicted molar refractivity (Wildman–Crippen MR) is 73.7 cm³/mol. The maximum atomic E-state index is 11.5. The predicted octanol–water partition coefficient (Wildman–Crippen LogP) is 1.96. The Labute approximate surface area is 115 Å². The highest BCUT2D eigenvalue weighted by atomic mass is 32.1. The lowest BCUT2D eigenvalue weighted by Crippen LogP contribution is -2.31. The van der Waals surface area contributed by atoms with E-state index in [1.165, 1.54) is 11.3 Å². The van der Waals surface area contributed by atoms with Crippen molar-refractivity contribution in [1.82, 2.24) is 5.32 Å². The average molecular weight is 280 g/mol. The van der Waals surface area contributed by atoms with Crippen molar-refractivity contribution < 1.29 is 9.53 Å². The smallest absolute Gasteiger partial charge is 0.407 e. The van der Waals surface area contributed by atoms with E-state index >= 15 is 0 Å².